The molecule has 0 bridgehead atoms. The van der Waals surface area contributed by atoms with Crippen molar-refractivity contribution in [1.29, 1.82) is 0 Å². The summed E-state index contributed by atoms with van der Waals surface area (Å²) in [6.07, 6.45) is 2.70. The molecule has 150 valence electrons. The second kappa shape index (κ2) is 9.99. The summed E-state index contributed by atoms with van der Waals surface area (Å²) in [6.45, 7) is 15.1. The topological polar surface area (TPSA) is 22.2 Å². The van der Waals surface area contributed by atoms with Gasteiger partial charge in [-0.2, -0.15) is 0 Å². The normalized spacial score (nSPS) is 25.0. The van der Waals surface area contributed by atoms with Gasteiger partial charge in [0.2, 0.25) is 0 Å². The molecular weight excluding hydrogens is 336 g/mol. The zero-order chi connectivity index (χ0) is 18.3. The third-order valence-corrected chi connectivity index (χ3v) is 6.57. The van der Waals surface area contributed by atoms with Crippen LogP contribution in [0.1, 0.15) is 18.4 Å². The molecule has 0 N–H and O–H groups in total. The lowest BCUT2D eigenvalue weighted by molar-refractivity contribution is 0.0264. The number of piperazine rings is 1. The highest BCUT2D eigenvalue weighted by Gasteiger charge is 2.27. The van der Waals surface area contributed by atoms with Crippen LogP contribution in [0.5, 0.6) is 0 Å². The Morgan fingerprint density at radius 1 is 0.704 bits per heavy atom. The molecule has 5 nitrogen and oxygen atoms in total. The standard InChI is InChI=1S/C22H36N4O/c1-2-4-21(5-3-1)20-25-12-14-26(15-13-25)22-6-8-23(9-7-22)10-11-24-16-18-27-19-17-24/h1-5,22H,6-20H2. The van der Waals surface area contributed by atoms with Crippen LogP contribution in [0.2, 0.25) is 0 Å². The van der Waals surface area contributed by atoms with E-state index < -0.39 is 0 Å². The van der Waals surface area contributed by atoms with Crippen molar-refractivity contribution in [3.05, 3.63) is 35.9 Å². The fraction of sp³-hybridized carbons (Fsp3) is 0.727. The van der Waals surface area contributed by atoms with E-state index in [1.54, 1.807) is 0 Å². The molecule has 3 saturated heterocycles. The van der Waals surface area contributed by atoms with Crippen molar-refractivity contribution in [3.8, 4) is 0 Å². The predicted octanol–water partition coefficient (Wildman–Crippen LogP) is 1.60. The van der Waals surface area contributed by atoms with Gasteiger partial charge in [0.1, 0.15) is 0 Å². The molecule has 3 aliphatic heterocycles. The maximum atomic E-state index is 5.45. The highest BCUT2D eigenvalue weighted by atomic mass is 16.5. The largest absolute Gasteiger partial charge is 0.379 e. The Morgan fingerprint density at radius 2 is 1.33 bits per heavy atom. The lowest BCUT2D eigenvalue weighted by Gasteiger charge is -2.43. The van der Waals surface area contributed by atoms with Crippen LogP contribution in [0.15, 0.2) is 30.3 Å². The van der Waals surface area contributed by atoms with Crippen LogP contribution in [-0.2, 0) is 11.3 Å². The molecule has 1 aromatic rings. The van der Waals surface area contributed by atoms with Crippen LogP contribution in [0.25, 0.3) is 0 Å². The lowest BCUT2D eigenvalue weighted by atomic mass is 10.0. The first-order valence-corrected chi connectivity index (χ1v) is 10.9. The summed E-state index contributed by atoms with van der Waals surface area (Å²) in [5.74, 6) is 0. The molecule has 0 saturated carbocycles. The molecule has 0 amide bonds. The zero-order valence-electron chi connectivity index (χ0n) is 16.8. The van der Waals surface area contributed by atoms with Crippen molar-refractivity contribution in [2.75, 3.05) is 78.7 Å². The van der Waals surface area contributed by atoms with Crippen LogP contribution in [0, 0.1) is 0 Å². The minimum atomic E-state index is 0.809. The van der Waals surface area contributed by atoms with Crippen molar-refractivity contribution < 1.29 is 4.74 Å². The number of morpholine rings is 1. The number of likely N-dealkylation sites (tertiary alicyclic amines) is 1. The molecule has 3 heterocycles. The summed E-state index contributed by atoms with van der Waals surface area (Å²) in [4.78, 5) is 10.6. The molecule has 5 heteroatoms. The number of piperidine rings is 1. The van der Waals surface area contributed by atoms with Gasteiger partial charge in [-0.05, 0) is 31.5 Å². The van der Waals surface area contributed by atoms with Gasteiger partial charge in [-0.3, -0.25) is 14.7 Å². The Kier molecular flexibility index (Phi) is 7.15. The number of benzene rings is 1. The Morgan fingerprint density at radius 3 is 2.00 bits per heavy atom. The molecule has 0 aliphatic carbocycles. The molecular formula is C22H36N4O. The maximum Gasteiger partial charge on any atom is 0.0594 e. The summed E-state index contributed by atoms with van der Waals surface area (Å²) in [6, 6.07) is 11.7. The van der Waals surface area contributed by atoms with E-state index in [1.165, 1.54) is 70.8 Å². The molecule has 27 heavy (non-hydrogen) atoms. The second-order valence-corrected chi connectivity index (χ2v) is 8.32. The first-order chi connectivity index (χ1) is 13.4. The van der Waals surface area contributed by atoms with Gasteiger partial charge in [0.25, 0.3) is 0 Å². The van der Waals surface area contributed by atoms with Crippen molar-refractivity contribution in [3.63, 3.8) is 0 Å². The number of nitrogens with zero attached hydrogens (tertiary/aromatic N) is 4. The van der Waals surface area contributed by atoms with E-state index in [1.807, 2.05) is 0 Å². The van der Waals surface area contributed by atoms with Gasteiger partial charge < -0.3 is 9.64 Å². The Balaban J connectivity index is 1.13. The van der Waals surface area contributed by atoms with Gasteiger partial charge in [-0.15, -0.1) is 0 Å². The van der Waals surface area contributed by atoms with Crippen LogP contribution in [0.4, 0.5) is 0 Å². The number of ether oxygens (including phenoxy) is 1. The molecule has 1 aromatic carbocycles. The average Bonchev–Trinajstić information content (AvgIpc) is 2.75. The van der Waals surface area contributed by atoms with E-state index in [4.69, 9.17) is 4.74 Å². The van der Waals surface area contributed by atoms with Crippen LogP contribution in [-0.4, -0.2) is 104 Å². The fourth-order valence-corrected chi connectivity index (χ4v) is 4.74. The quantitative estimate of drug-likeness (QED) is 0.754. The van der Waals surface area contributed by atoms with Crippen LogP contribution >= 0.6 is 0 Å². The Hall–Kier alpha value is -0.980. The van der Waals surface area contributed by atoms with Gasteiger partial charge >= 0.3 is 0 Å². The highest BCUT2D eigenvalue weighted by Crippen LogP contribution is 2.19. The third-order valence-electron chi connectivity index (χ3n) is 6.57. The summed E-state index contributed by atoms with van der Waals surface area (Å²) in [7, 11) is 0. The number of hydrogen-bond acceptors (Lipinski definition) is 5. The van der Waals surface area contributed by atoms with Crippen molar-refractivity contribution in [2.45, 2.75) is 25.4 Å². The van der Waals surface area contributed by atoms with Gasteiger partial charge in [0.05, 0.1) is 13.2 Å². The SMILES string of the molecule is c1ccc(CN2CCN(C3CCN(CCN4CCOCC4)CC3)CC2)cc1. The Bertz CT molecular complexity index is 533. The van der Waals surface area contributed by atoms with Gasteiger partial charge in [0.15, 0.2) is 0 Å². The van der Waals surface area contributed by atoms with Crippen LogP contribution < -0.4 is 0 Å². The molecule has 4 rings (SSSR count). The summed E-state index contributed by atoms with van der Waals surface area (Å²) in [5, 5.41) is 0. The van der Waals surface area contributed by atoms with E-state index in [0.29, 0.717) is 0 Å². The van der Waals surface area contributed by atoms with E-state index >= 15 is 0 Å². The molecule has 0 spiro atoms. The Labute approximate surface area is 164 Å². The highest BCUT2D eigenvalue weighted by molar-refractivity contribution is 5.14. The van der Waals surface area contributed by atoms with Crippen LogP contribution in [0.3, 0.4) is 0 Å². The van der Waals surface area contributed by atoms with E-state index in [-0.39, 0.29) is 0 Å². The molecule has 0 aromatic heterocycles. The van der Waals surface area contributed by atoms with E-state index in [9.17, 15) is 0 Å². The zero-order valence-corrected chi connectivity index (χ0v) is 16.8. The molecule has 3 fully saturated rings. The molecule has 3 aliphatic rings. The predicted molar refractivity (Wildman–Crippen MR) is 110 cm³/mol. The fourth-order valence-electron chi connectivity index (χ4n) is 4.74. The van der Waals surface area contributed by atoms with Gasteiger partial charge in [-0.25, -0.2) is 0 Å². The van der Waals surface area contributed by atoms with Gasteiger partial charge in [0, 0.05) is 64.9 Å². The van der Waals surface area contributed by atoms with Crippen molar-refractivity contribution >= 4 is 0 Å². The van der Waals surface area contributed by atoms with E-state index in [0.717, 1.165) is 38.9 Å². The van der Waals surface area contributed by atoms with Gasteiger partial charge in [-0.1, -0.05) is 30.3 Å². The maximum absolute atomic E-state index is 5.45. The second-order valence-electron chi connectivity index (χ2n) is 8.32. The number of hydrogen-bond donors (Lipinski definition) is 0. The molecule has 0 atom stereocenters. The number of rotatable bonds is 6. The summed E-state index contributed by atoms with van der Waals surface area (Å²) in [5.41, 5.74) is 1.44. The monoisotopic (exact) mass is 372 g/mol. The lowest BCUT2D eigenvalue weighted by Crippen LogP contribution is -2.53. The minimum Gasteiger partial charge on any atom is -0.379 e. The van der Waals surface area contributed by atoms with Crippen molar-refractivity contribution in [1.82, 2.24) is 19.6 Å². The first kappa shape index (κ1) is 19.3. The third kappa shape index (κ3) is 5.75. The van der Waals surface area contributed by atoms with Crippen molar-refractivity contribution in [2.24, 2.45) is 0 Å². The molecule has 0 radical (unpaired) electrons. The summed E-state index contributed by atoms with van der Waals surface area (Å²) < 4.78 is 5.45. The first-order valence-electron chi connectivity index (χ1n) is 10.9. The smallest absolute Gasteiger partial charge is 0.0594 e. The molecule has 0 unspecified atom stereocenters. The minimum absolute atomic E-state index is 0.809. The average molecular weight is 373 g/mol. The van der Waals surface area contributed by atoms with E-state index in [2.05, 4.69) is 49.9 Å². The summed E-state index contributed by atoms with van der Waals surface area (Å²) >= 11 is 0.